The number of thioether (sulfide) groups is 1. The molecule has 6 heteroatoms. The summed E-state index contributed by atoms with van der Waals surface area (Å²) >= 11 is 1.53. The lowest BCUT2D eigenvalue weighted by Gasteiger charge is -2.18. The van der Waals surface area contributed by atoms with Crippen molar-refractivity contribution in [2.75, 3.05) is 11.5 Å². The van der Waals surface area contributed by atoms with Crippen LogP contribution in [-0.2, 0) is 9.84 Å². The van der Waals surface area contributed by atoms with Crippen molar-refractivity contribution in [1.29, 1.82) is 0 Å². The molecule has 0 bridgehead atoms. The van der Waals surface area contributed by atoms with Gasteiger partial charge in [0.1, 0.15) is 0 Å². The number of hydrogen-bond donors (Lipinski definition) is 1. The largest absolute Gasteiger partial charge is 0.349 e. The molecule has 1 heterocycles. The molecule has 1 atom stereocenters. The zero-order chi connectivity index (χ0) is 17.0. The van der Waals surface area contributed by atoms with Crippen LogP contribution < -0.4 is 5.32 Å². The van der Waals surface area contributed by atoms with Crippen LogP contribution in [0, 0.1) is 0 Å². The van der Waals surface area contributed by atoms with E-state index >= 15 is 0 Å². The number of carbonyl (C=O) groups excluding carboxylic acids is 1. The Labute approximate surface area is 148 Å². The molecule has 2 fully saturated rings. The van der Waals surface area contributed by atoms with E-state index in [2.05, 4.69) is 5.32 Å². The molecule has 4 nitrogen and oxygen atoms in total. The summed E-state index contributed by atoms with van der Waals surface area (Å²) in [5, 5.41) is 3.24. The van der Waals surface area contributed by atoms with Gasteiger partial charge in [0.15, 0.2) is 9.84 Å². The highest BCUT2D eigenvalue weighted by Gasteiger charge is 2.29. The van der Waals surface area contributed by atoms with E-state index in [1.807, 2.05) is 24.3 Å². The third-order valence-corrected chi connectivity index (χ3v) is 8.13. The third-order valence-electron chi connectivity index (χ3n) is 4.81. The average molecular weight is 368 g/mol. The molecular formula is C18H25NO3S2. The van der Waals surface area contributed by atoms with Crippen LogP contribution in [0.25, 0.3) is 0 Å². The predicted molar refractivity (Wildman–Crippen MR) is 98.3 cm³/mol. The fourth-order valence-electron chi connectivity index (χ4n) is 3.48. The highest BCUT2D eigenvalue weighted by Crippen LogP contribution is 2.33. The fraction of sp³-hybridized carbons (Fsp3) is 0.611. The summed E-state index contributed by atoms with van der Waals surface area (Å²) in [6, 6.07) is 7.83. The monoisotopic (exact) mass is 367 g/mol. The second kappa shape index (κ2) is 7.91. The second-order valence-corrected chi connectivity index (χ2v) is 10.4. The van der Waals surface area contributed by atoms with Gasteiger partial charge in [-0.1, -0.05) is 37.8 Å². The Balaban J connectivity index is 1.67. The van der Waals surface area contributed by atoms with Crippen molar-refractivity contribution in [3.05, 3.63) is 29.8 Å². The maximum Gasteiger partial charge on any atom is 0.252 e. The molecule has 0 unspecified atom stereocenters. The average Bonchev–Trinajstić information content (AvgIpc) is 2.75. The minimum Gasteiger partial charge on any atom is -0.349 e. The molecule has 0 aromatic heterocycles. The maximum atomic E-state index is 12.7. The second-order valence-electron chi connectivity index (χ2n) is 6.80. The van der Waals surface area contributed by atoms with E-state index in [-0.39, 0.29) is 28.7 Å². The SMILES string of the molecule is O=C(NC1CCCCCC1)c1ccccc1S[C@H]1CCS(=O)(=O)C1. The van der Waals surface area contributed by atoms with E-state index in [1.165, 1.54) is 37.4 Å². The Morgan fingerprint density at radius 1 is 1.04 bits per heavy atom. The van der Waals surface area contributed by atoms with Gasteiger partial charge in [-0.05, 0) is 31.4 Å². The van der Waals surface area contributed by atoms with Gasteiger partial charge in [0.25, 0.3) is 5.91 Å². The van der Waals surface area contributed by atoms with Crippen molar-refractivity contribution in [3.63, 3.8) is 0 Å². The molecule has 0 spiro atoms. The van der Waals surface area contributed by atoms with Crippen molar-refractivity contribution in [3.8, 4) is 0 Å². The van der Waals surface area contributed by atoms with Gasteiger partial charge in [0.2, 0.25) is 0 Å². The first-order valence-corrected chi connectivity index (χ1v) is 11.5. The highest BCUT2D eigenvalue weighted by atomic mass is 32.2. The van der Waals surface area contributed by atoms with Crippen LogP contribution in [0.15, 0.2) is 29.2 Å². The van der Waals surface area contributed by atoms with E-state index in [9.17, 15) is 13.2 Å². The Bertz CT molecular complexity index is 679. The van der Waals surface area contributed by atoms with Crippen LogP contribution in [0.5, 0.6) is 0 Å². The Morgan fingerprint density at radius 2 is 1.75 bits per heavy atom. The lowest BCUT2D eigenvalue weighted by molar-refractivity contribution is 0.0930. The zero-order valence-electron chi connectivity index (χ0n) is 13.9. The molecule has 0 radical (unpaired) electrons. The van der Waals surface area contributed by atoms with Crippen LogP contribution in [0.4, 0.5) is 0 Å². The molecular weight excluding hydrogens is 342 g/mol. The van der Waals surface area contributed by atoms with Gasteiger partial charge in [0, 0.05) is 16.2 Å². The lowest BCUT2D eigenvalue weighted by Crippen LogP contribution is -2.34. The first-order chi connectivity index (χ1) is 11.5. The first kappa shape index (κ1) is 17.8. The first-order valence-electron chi connectivity index (χ1n) is 8.80. The van der Waals surface area contributed by atoms with E-state index in [4.69, 9.17) is 0 Å². The van der Waals surface area contributed by atoms with Gasteiger partial charge in [0.05, 0.1) is 17.1 Å². The van der Waals surface area contributed by atoms with Gasteiger partial charge >= 0.3 is 0 Å². The summed E-state index contributed by atoms with van der Waals surface area (Å²) in [5.41, 5.74) is 0.677. The molecule has 3 rings (SSSR count). The minimum atomic E-state index is -2.90. The van der Waals surface area contributed by atoms with Gasteiger partial charge in [-0.25, -0.2) is 8.42 Å². The molecule has 1 saturated heterocycles. The van der Waals surface area contributed by atoms with Crippen LogP contribution in [-0.4, -0.2) is 37.1 Å². The summed E-state index contributed by atoms with van der Waals surface area (Å²) in [7, 11) is -2.90. The summed E-state index contributed by atoms with van der Waals surface area (Å²) in [6.45, 7) is 0. The zero-order valence-corrected chi connectivity index (χ0v) is 15.5. The van der Waals surface area contributed by atoms with Gasteiger partial charge in [-0.2, -0.15) is 0 Å². The van der Waals surface area contributed by atoms with Crippen LogP contribution >= 0.6 is 11.8 Å². The number of sulfone groups is 1. The number of amides is 1. The Hall–Kier alpha value is -1.01. The summed E-state index contributed by atoms with van der Waals surface area (Å²) in [4.78, 5) is 13.6. The topological polar surface area (TPSA) is 63.2 Å². The lowest BCUT2D eigenvalue weighted by atomic mass is 10.1. The van der Waals surface area contributed by atoms with Gasteiger partial charge < -0.3 is 5.32 Å². The van der Waals surface area contributed by atoms with Crippen molar-refractivity contribution < 1.29 is 13.2 Å². The Kier molecular flexibility index (Phi) is 5.87. The van der Waals surface area contributed by atoms with Crippen molar-refractivity contribution in [2.24, 2.45) is 0 Å². The van der Waals surface area contributed by atoms with E-state index in [0.29, 0.717) is 12.0 Å². The van der Waals surface area contributed by atoms with E-state index in [0.717, 1.165) is 17.7 Å². The number of nitrogens with one attached hydrogen (secondary N) is 1. The van der Waals surface area contributed by atoms with Crippen molar-refractivity contribution in [2.45, 2.75) is 61.1 Å². The molecule has 1 amide bonds. The molecule has 1 saturated carbocycles. The van der Waals surface area contributed by atoms with Crippen molar-refractivity contribution in [1.82, 2.24) is 5.32 Å². The fourth-order valence-corrected chi connectivity index (χ4v) is 7.10. The van der Waals surface area contributed by atoms with E-state index in [1.54, 1.807) is 0 Å². The van der Waals surface area contributed by atoms with Crippen molar-refractivity contribution >= 4 is 27.5 Å². The standard InChI is InChI=1S/C18H25NO3S2/c20-18(19-14-7-3-1-2-4-8-14)16-9-5-6-10-17(16)23-15-11-12-24(21,22)13-15/h5-6,9-10,14-15H,1-4,7-8,11-13H2,(H,19,20)/t15-/m0/s1. The third kappa shape index (κ3) is 4.76. The number of benzene rings is 1. The molecule has 1 aromatic rings. The molecule has 1 N–H and O–H groups in total. The molecule has 2 aliphatic rings. The highest BCUT2D eigenvalue weighted by molar-refractivity contribution is 8.02. The predicted octanol–water partition coefficient (Wildman–Crippen LogP) is 3.42. The van der Waals surface area contributed by atoms with Gasteiger partial charge in [-0.3, -0.25) is 4.79 Å². The van der Waals surface area contributed by atoms with Gasteiger partial charge in [-0.15, -0.1) is 11.8 Å². The quantitative estimate of drug-likeness (QED) is 0.828. The number of hydrogen-bond acceptors (Lipinski definition) is 4. The number of carbonyl (C=O) groups is 1. The Morgan fingerprint density at radius 3 is 2.42 bits per heavy atom. The van der Waals surface area contributed by atoms with Crippen LogP contribution in [0.2, 0.25) is 0 Å². The van der Waals surface area contributed by atoms with Crippen LogP contribution in [0.1, 0.15) is 55.3 Å². The van der Waals surface area contributed by atoms with E-state index < -0.39 is 9.84 Å². The molecule has 1 aliphatic carbocycles. The molecule has 24 heavy (non-hydrogen) atoms. The normalized spacial score (nSPS) is 24.4. The molecule has 1 aliphatic heterocycles. The number of rotatable bonds is 4. The molecule has 132 valence electrons. The maximum absolute atomic E-state index is 12.7. The summed E-state index contributed by atoms with van der Waals surface area (Å²) in [5.74, 6) is 0.461. The smallest absolute Gasteiger partial charge is 0.252 e. The minimum absolute atomic E-state index is 0.0224. The molecule has 1 aromatic carbocycles. The summed E-state index contributed by atoms with van der Waals surface area (Å²) < 4.78 is 23.3. The summed E-state index contributed by atoms with van der Waals surface area (Å²) in [6.07, 6.45) is 7.67. The van der Waals surface area contributed by atoms with Crippen LogP contribution in [0.3, 0.4) is 0 Å².